The van der Waals surface area contributed by atoms with Crippen molar-refractivity contribution >= 4 is 28.8 Å². The summed E-state index contributed by atoms with van der Waals surface area (Å²) in [5.41, 5.74) is 0.462. The predicted molar refractivity (Wildman–Crippen MR) is 124 cm³/mol. The van der Waals surface area contributed by atoms with Crippen molar-refractivity contribution in [3.63, 3.8) is 0 Å². The first kappa shape index (κ1) is 22.5. The molecule has 1 heterocycles. The summed E-state index contributed by atoms with van der Waals surface area (Å²) in [5, 5.41) is 22.5. The van der Waals surface area contributed by atoms with Crippen LogP contribution in [0, 0.1) is 10.1 Å². The Labute approximate surface area is 194 Å². The molecule has 1 unspecified atom stereocenters. The number of nitro benzene ring substituents is 1. The lowest BCUT2D eigenvalue weighted by Gasteiger charge is -2.26. The summed E-state index contributed by atoms with van der Waals surface area (Å²) in [4.78, 5) is 38.3. The molecule has 172 valence electrons. The summed E-state index contributed by atoms with van der Waals surface area (Å²) in [6.07, 6.45) is 0. The van der Waals surface area contributed by atoms with E-state index >= 15 is 0 Å². The maximum Gasteiger partial charge on any atom is 0.300 e. The van der Waals surface area contributed by atoms with Gasteiger partial charge in [0.05, 0.1) is 36.4 Å². The maximum atomic E-state index is 13.2. The lowest BCUT2D eigenvalue weighted by molar-refractivity contribution is -0.384. The zero-order valence-electron chi connectivity index (χ0n) is 18.3. The molecule has 0 aromatic heterocycles. The SMILES string of the molecule is COc1ccc(C2/C(=C(/O)c3ccccc3)C(=O)C(=O)N2c2cccc([N+](=O)[O-])c2)c(OC)c1. The molecule has 3 aromatic carbocycles. The van der Waals surface area contributed by atoms with Crippen LogP contribution in [0.2, 0.25) is 0 Å². The molecule has 0 aliphatic carbocycles. The van der Waals surface area contributed by atoms with Crippen molar-refractivity contribution in [3.05, 3.63) is 99.6 Å². The normalized spacial score (nSPS) is 17.0. The van der Waals surface area contributed by atoms with Gasteiger partial charge in [-0.2, -0.15) is 0 Å². The molecule has 0 radical (unpaired) electrons. The van der Waals surface area contributed by atoms with E-state index in [1.165, 1.54) is 38.5 Å². The number of benzene rings is 3. The number of anilines is 1. The molecule has 1 N–H and O–H groups in total. The standard InChI is InChI=1S/C25H20N2O7/c1-33-18-11-12-19(20(14-18)34-2)22-21(23(28)15-7-4-3-5-8-15)24(29)25(30)26(22)16-9-6-10-17(13-16)27(31)32/h3-14,22,28H,1-2H3/b23-21-. The number of hydrogen-bond acceptors (Lipinski definition) is 7. The minimum atomic E-state index is -1.11. The first-order valence-electron chi connectivity index (χ1n) is 10.2. The van der Waals surface area contributed by atoms with E-state index in [9.17, 15) is 24.8 Å². The fourth-order valence-corrected chi connectivity index (χ4v) is 3.95. The highest BCUT2D eigenvalue weighted by Gasteiger charge is 2.48. The number of aliphatic hydroxyl groups excluding tert-OH is 1. The Kier molecular flexibility index (Phi) is 6.01. The van der Waals surface area contributed by atoms with Gasteiger partial charge in [-0.25, -0.2) is 0 Å². The molecule has 0 spiro atoms. The van der Waals surface area contributed by atoms with Crippen LogP contribution in [0.1, 0.15) is 17.2 Å². The van der Waals surface area contributed by atoms with E-state index in [0.29, 0.717) is 22.6 Å². The fraction of sp³-hybridized carbons (Fsp3) is 0.120. The summed E-state index contributed by atoms with van der Waals surface area (Å²) >= 11 is 0. The van der Waals surface area contributed by atoms with E-state index in [0.717, 1.165) is 4.90 Å². The van der Waals surface area contributed by atoms with Gasteiger partial charge in [-0.3, -0.25) is 24.6 Å². The lowest BCUT2D eigenvalue weighted by atomic mass is 9.94. The molecule has 3 aromatic rings. The number of ketones is 1. The molecule has 34 heavy (non-hydrogen) atoms. The van der Waals surface area contributed by atoms with Gasteiger partial charge in [-0.05, 0) is 18.2 Å². The van der Waals surface area contributed by atoms with Crippen molar-refractivity contribution in [2.45, 2.75) is 6.04 Å². The third kappa shape index (κ3) is 3.83. The highest BCUT2D eigenvalue weighted by Crippen LogP contribution is 2.46. The van der Waals surface area contributed by atoms with Crippen LogP contribution in [0.15, 0.2) is 78.4 Å². The highest BCUT2D eigenvalue weighted by atomic mass is 16.6. The number of carbonyl (C=O) groups is 2. The second kappa shape index (κ2) is 9.07. The molecule has 1 saturated heterocycles. The maximum absolute atomic E-state index is 13.2. The van der Waals surface area contributed by atoms with Crippen LogP contribution in [0.3, 0.4) is 0 Å². The Morgan fingerprint density at radius 1 is 0.971 bits per heavy atom. The molecule has 1 aliphatic rings. The van der Waals surface area contributed by atoms with Crippen LogP contribution >= 0.6 is 0 Å². The predicted octanol–water partition coefficient (Wildman–Crippen LogP) is 4.24. The molecule has 0 saturated carbocycles. The number of Topliss-reactive ketones (excluding diaryl/α,β-unsaturated/α-hetero) is 1. The number of nitro groups is 1. The molecule has 9 heteroatoms. The van der Waals surface area contributed by atoms with E-state index in [4.69, 9.17) is 9.47 Å². The van der Waals surface area contributed by atoms with Gasteiger partial charge < -0.3 is 14.6 Å². The van der Waals surface area contributed by atoms with Crippen molar-refractivity contribution in [2.75, 3.05) is 19.1 Å². The number of hydrogen-bond donors (Lipinski definition) is 1. The number of non-ortho nitro benzene ring substituents is 1. The average molecular weight is 460 g/mol. The lowest BCUT2D eigenvalue weighted by Crippen LogP contribution is -2.29. The number of methoxy groups -OCH3 is 2. The van der Waals surface area contributed by atoms with Crippen molar-refractivity contribution in [3.8, 4) is 11.5 Å². The molecule has 4 rings (SSSR count). The Balaban J connectivity index is 2.00. The van der Waals surface area contributed by atoms with Gasteiger partial charge >= 0.3 is 0 Å². The van der Waals surface area contributed by atoms with E-state index in [1.807, 2.05) is 0 Å². The first-order valence-corrected chi connectivity index (χ1v) is 10.2. The Morgan fingerprint density at radius 3 is 2.35 bits per heavy atom. The molecule has 1 aliphatic heterocycles. The van der Waals surface area contributed by atoms with E-state index in [2.05, 4.69) is 0 Å². The Morgan fingerprint density at radius 2 is 1.71 bits per heavy atom. The van der Waals surface area contributed by atoms with Crippen LogP contribution in [-0.4, -0.2) is 35.9 Å². The number of carbonyl (C=O) groups excluding carboxylic acids is 2. The number of amides is 1. The van der Waals surface area contributed by atoms with Crippen LogP contribution in [-0.2, 0) is 9.59 Å². The fourth-order valence-electron chi connectivity index (χ4n) is 3.95. The van der Waals surface area contributed by atoms with Crippen molar-refractivity contribution in [1.82, 2.24) is 0 Å². The second-order valence-electron chi connectivity index (χ2n) is 7.42. The van der Waals surface area contributed by atoms with Crippen molar-refractivity contribution in [2.24, 2.45) is 0 Å². The van der Waals surface area contributed by atoms with Gasteiger partial charge in [0, 0.05) is 29.3 Å². The van der Waals surface area contributed by atoms with E-state index in [-0.39, 0.29) is 22.7 Å². The molecular formula is C25H20N2O7. The summed E-state index contributed by atoms with van der Waals surface area (Å²) in [7, 11) is 2.91. The number of ether oxygens (including phenoxy) is 2. The average Bonchev–Trinajstić information content (AvgIpc) is 3.13. The van der Waals surface area contributed by atoms with E-state index < -0.39 is 22.7 Å². The van der Waals surface area contributed by atoms with Gasteiger partial charge in [-0.15, -0.1) is 0 Å². The summed E-state index contributed by atoms with van der Waals surface area (Å²) < 4.78 is 10.8. The minimum Gasteiger partial charge on any atom is -0.507 e. The van der Waals surface area contributed by atoms with Gasteiger partial charge in [0.15, 0.2) is 0 Å². The molecule has 1 fully saturated rings. The Hall–Kier alpha value is -4.66. The van der Waals surface area contributed by atoms with Crippen LogP contribution in [0.25, 0.3) is 5.76 Å². The molecule has 1 amide bonds. The molecule has 9 nitrogen and oxygen atoms in total. The minimum absolute atomic E-state index is 0.131. The quantitative estimate of drug-likeness (QED) is 0.192. The third-order valence-electron chi connectivity index (χ3n) is 5.55. The third-order valence-corrected chi connectivity index (χ3v) is 5.55. The smallest absolute Gasteiger partial charge is 0.300 e. The van der Waals surface area contributed by atoms with Crippen LogP contribution in [0.5, 0.6) is 11.5 Å². The topological polar surface area (TPSA) is 119 Å². The monoisotopic (exact) mass is 460 g/mol. The molecular weight excluding hydrogens is 440 g/mol. The number of nitrogens with zero attached hydrogens (tertiary/aromatic N) is 2. The largest absolute Gasteiger partial charge is 0.507 e. The first-order chi connectivity index (χ1) is 16.4. The zero-order chi connectivity index (χ0) is 24.4. The summed E-state index contributed by atoms with van der Waals surface area (Å²) in [6.45, 7) is 0. The van der Waals surface area contributed by atoms with Crippen LogP contribution in [0.4, 0.5) is 11.4 Å². The summed E-state index contributed by atoms with van der Waals surface area (Å²) in [6, 6.07) is 17.5. The molecule has 1 atom stereocenters. The number of aliphatic hydroxyl groups is 1. The van der Waals surface area contributed by atoms with Gasteiger partial charge in [0.1, 0.15) is 17.3 Å². The molecule has 0 bridgehead atoms. The summed E-state index contributed by atoms with van der Waals surface area (Å²) in [5.74, 6) is -1.43. The van der Waals surface area contributed by atoms with E-state index in [1.54, 1.807) is 48.5 Å². The Bertz CT molecular complexity index is 1320. The highest BCUT2D eigenvalue weighted by molar-refractivity contribution is 6.51. The zero-order valence-corrected chi connectivity index (χ0v) is 18.3. The number of rotatable bonds is 6. The van der Waals surface area contributed by atoms with Crippen molar-refractivity contribution in [1.29, 1.82) is 0 Å². The van der Waals surface area contributed by atoms with Crippen LogP contribution < -0.4 is 14.4 Å². The van der Waals surface area contributed by atoms with Gasteiger partial charge in [0.25, 0.3) is 17.4 Å². The van der Waals surface area contributed by atoms with Crippen molar-refractivity contribution < 1.29 is 29.1 Å². The van der Waals surface area contributed by atoms with Gasteiger partial charge in [0.2, 0.25) is 0 Å². The van der Waals surface area contributed by atoms with Gasteiger partial charge in [-0.1, -0.05) is 36.4 Å². The second-order valence-corrected chi connectivity index (χ2v) is 7.42.